The van der Waals surface area contributed by atoms with Gasteiger partial charge in [-0.05, 0) is 37.3 Å². The smallest absolute Gasteiger partial charge is 0.241 e. The summed E-state index contributed by atoms with van der Waals surface area (Å²) in [5, 5.41) is 3.70. The Balaban J connectivity index is 1.60. The number of rotatable bonds is 6. The number of nitrogens with zero attached hydrogens (tertiary/aromatic N) is 2. The molecular weight excluding hydrogens is 378 g/mol. The fourth-order valence-corrected chi connectivity index (χ4v) is 3.54. The van der Waals surface area contributed by atoms with E-state index in [4.69, 9.17) is 21.1 Å². The highest BCUT2D eigenvalue weighted by atomic mass is 35.5. The van der Waals surface area contributed by atoms with Crippen LogP contribution in [0.25, 0.3) is 0 Å². The van der Waals surface area contributed by atoms with E-state index in [9.17, 15) is 4.79 Å². The number of amides is 1. The third-order valence-corrected chi connectivity index (χ3v) is 5.31. The number of carbonyl (C=O) groups is 1. The van der Waals surface area contributed by atoms with Crippen molar-refractivity contribution in [2.24, 2.45) is 0 Å². The van der Waals surface area contributed by atoms with Gasteiger partial charge >= 0.3 is 0 Å². The highest BCUT2D eigenvalue weighted by molar-refractivity contribution is 6.30. The van der Waals surface area contributed by atoms with E-state index in [1.807, 2.05) is 25.1 Å². The Bertz CT molecular complexity index is 822. The average molecular weight is 404 g/mol. The second kappa shape index (κ2) is 9.17. The van der Waals surface area contributed by atoms with Crippen LogP contribution in [0.15, 0.2) is 42.5 Å². The Morgan fingerprint density at radius 2 is 1.82 bits per heavy atom. The van der Waals surface area contributed by atoms with Crippen LogP contribution in [0, 0.1) is 0 Å². The number of hydrogen-bond acceptors (Lipinski definition) is 5. The number of benzene rings is 2. The first-order valence-electron chi connectivity index (χ1n) is 9.29. The highest BCUT2D eigenvalue weighted by Gasteiger charge is 2.26. The summed E-state index contributed by atoms with van der Waals surface area (Å²) in [4.78, 5) is 17.3. The van der Waals surface area contributed by atoms with Gasteiger partial charge in [-0.1, -0.05) is 17.7 Å². The first-order chi connectivity index (χ1) is 13.5. The Labute approximate surface area is 171 Å². The van der Waals surface area contributed by atoms with Crippen molar-refractivity contribution in [2.75, 3.05) is 50.6 Å². The molecule has 1 aliphatic heterocycles. The maximum absolute atomic E-state index is 12.8. The van der Waals surface area contributed by atoms with Gasteiger partial charge in [-0.15, -0.1) is 0 Å². The van der Waals surface area contributed by atoms with Gasteiger partial charge in [0.2, 0.25) is 5.91 Å². The molecule has 2 aromatic carbocycles. The number of anilines is 2. The van der Waals surface area contributed by atoms with E-state index in [0.29, 0.717) is 17.2 Å². The Kier molecular flexibility index (Phi) is 6.65. The zero-order chi connectivity index (χ0) is 20.1. The van der Waals surface area contributed by atoms with Gasteiger partial charge in [0.05, 0.1) is 25.9 Å². The number of carbonyl (C=O) groups excluding carboxylic acids is 1. The maximum Gasteiger partial charge on any atom is 0.241 e. The van der Waals surface area contributed by atoms with E-state index in [-0.39, 0.29) is 11.9 Å². The van der Waals surface area contributed by atoms with Crippen molar-refractivity contribution in [3.8, 4) is 11.5 Å². The van der Waals surface area contributed by atoms with Gasteiger partial charge in [-0.3, -0.25) is 9.69 Å². The van der Waals surface area contributed by atoms with E-state index in [1.165, 1.54) is 0 Å². The molecule has 2 aromatic rings. The number of ether oxygens (including phenoxy) is 2. The Morgan fingerprint density at radius 1 is 1.07 bits per heavy atom. The summed E-state index contributed by atoms with van der Waals surface area (Å²) in [7, 11) is 3.17. The third kappa shape index (κ3) is 4.69. The zero-order valence-corrected chi connectivity index (χ0v) is 17.2. The Morgan fingerprint density at radius 3 is 2.46 bits per heavy atom. The summed E-state index contributed by atoms with van der Waals surface area (Å²) in [6.07, 6.45) is 0. The van der Waals surface area contributed by atoms with Crippen LogP contribution in [0.1, 0.15) is 6.92 Å². The fraction of sp³-hybridized carbons (Fsp3) is 0.381. The number of piperazine rings is 1. The first kappa shape index (κ1) is 20.3. The van der Waals surface area contributed by atoms with Gasteiger partial charge in [-0.25, -0.2) is 0 Å². The van der Waals surface area contributed by atoms with E-state index >= 15 is 0 Å². The minimum atomic E-state index is -0.252. The zero-order valence-electron chi connectivity index (χ0n) is 16.4. The van der Waals surface area contributed by atoms with Gasteiger partial charge in [0.15, 0.2) is 0 Å². The van der Waals surface area contributed by atoms with Crippen molar-refractivity contribution in [3.63, 3.8) is 0 Å². The molecule has 0 aromatic heterocycles. The molecular formula is C21H26ClN3O3. The second-order valence-corrected chi connectivity index (χ2v) is 7.17. The molecule has 3 rings (SSSR count). The van der Waals surface area contributed by atoms with Gasteiger partial charge in [-0.2, -0.15) is 0 Å². The molecule has 1 unspecified atom stereocenters. The third-order valence-electron chi connectivity index (χ3n) is 5.08. The summed E-state index contributed by atoms with van der Waals surface area (Å²) in [5.74, 6) is 1.20. The lowest BCUT2D eigenvalue weighted by molar-refractivity contribution is -0.120. The maximum atomic E-state index is 12.8. The van der Waals surface area contributed by atoms with Crippen LogP contribution in [0.4, 0.5) is 11.4 Å². The van der Waals surface area contributed by atoms with Crippen LogP contribution in [0.3, 0.4) is 0 Å². The molecule has 1 heterocycles. The normalized spacial score (nSPS) is 15.8. The van der Waals surface area contributed by atoms with Gasteiger partial charge < -0.3 is 19.7 Å². The van der Waals surface area contributed by atoms with E-state index < -0.39 is 0 Å². The monoisotopic (exact) mass is 403 g/mol. The van der Waals surface area contributed by atoms with Gasteiger partial charge in [0, 0.05) is 43.0 Å². The molecule has 0 saturated carbocycles. The molecule has 1 atom stereocenters. The molecule has 0 aliphatic carbocycles. The molecule has 6 nitrogen and oxygen atoms in total. The molecule has 0 spiro atoms. The molecule has 1 saturated heterocycles. The predicted molar refractivity (Wildman–Crippen MR) is 113 cm³/mol. The Hall–Kier alpha value is -2.44. The standard InChI is InChI=1S/C21H26ClN3O3/c1-15(21(26)23-19-14-18(27-2)7-8-20(19)28-3)24-9-11-25(12-10-24)17-6-4-5-16(22)13-17/h4-8,13-15H,9-12H2,1-3H3,(H,23,26). The summed E-state index contributed by atoms with van der Waals surface area (Å²) in [6.45, 7) is 5.23. The number of hydrogen-bond donors (Lipinski definition) is 1. The molecule has 28 heavy (non-hydrogen) atoms. The quantitative estimate of drug-likeness (QED) is 0.799. The second-order valence-electron chi connectivity index (χ2n) is 6.73. The summed E-state index contributed by atoms with van der Waals surface area (Å²) in [5.41, 5.74) is 1.72. The minimum Gasteiger partial charge on any atom is -0.497 e. The number of halogens is 1. The van der Waals surface area contributed by atoms with Crippen LogP contribution in [0.5, 0.6) is 11.5 Å². The largest absolute Gasteiger partial charge is 0.497 e. The lowest BCUT2D eigenvalue weighted by atomic mass is 10.2. The van der Waals surface area contributed by atoms with Crippen LogP contribution >= 0.6 is 11.6 Å². The van der Waals surface area contributed by atoms with Crippen LogP contribution in [-0.4, -0.2) is 57.2 Å². The summed E-state index contributed by atoms with van der Waals surface area (Å²) < 4.78 is 10.6. The van der Waals surface area contributed by atoms with Gasteiger partial charge in [0.1, 0.15) is 11.5 Å². The summed E-state index contributed by atoms with van der Waals surface area (Å²) in [6, 6.07) is 13.0. The van der Waals surface area contributed by atoms with Crippen molar-refractivity contribution in [1.29, 1.82) is 0 Å². The van der Waals surface area contributed by atoms with Crippen molar-refractivity contribution in [3.05, 3.63) is 47.5 Å². The topological polar surface area (TPSA) is 54.0 Å². The number of methoxy groups -OCH3 is 2. The lowest BCUT2D eigenvalue weighted by Gasteiger charge is -2.38. The van der Waals surface area contributed by atoms with Crippen molar-refractivity contribution < 1.29 is 14.3 Å². The SMILES string of the molecule is COc1ccc(OC)c(NC(=O)C(C)N2CCN(c3cccc(Cl)c3)CC2)c1. The van der Waals surface area contributed by atoms with Crippen LogP contribution < -0.4 is 19.7 Å². The molecule has 150 valence electrons. The molecule has 0 bridgehead atoms. The average Bonchev–Trinajstić information content (AvgIpc) is 2.73. The van der Waals surface area contributed by atoms with Crippen LogP contribution in [0.2, 0.25) is 5.02 Å². The van der Waals surface area contributed by atoms with Crippen LogP contribution in [-0.2, 0) is 4.79 Å². The van der Waals surface area contributed by atoms with Crippen molar-refractivity contribution in [2.45, 2.75) is 13.0 Å². The molecule has 1 aliphatic rings. The van der Waals surface area contributed by atoms with Crippen molar-refractivity contribution >= 4 is 28.9 Å². The van der Waals surface area contributed by atoms with E-state index in [1.54, 1.807) is 32.4 Å². The first-order valence-corrected chi connectivity index (χ1v) is 9.67. The molecule has 0 radical (unpaired) electrons. The molecule has 7 heteroatoms. The predicted octanol–water partition coefficient (Wildman–Crippen LogP) is 3.51. The molecule has 1 N–H and O–H groups in total. The highest BCUT2D eigenvalue weighted by Crippen LogP contribution is 2.29. The minimum absolute atomic E-state index is 0.0669. The van der Waals surface area contributed by atoms with Crippen molar-refractivity contribution in [1.82, 2.24) is 4.90 Å². The molecule has 1 amide bonds. The van der Waals surface area contributed by atoms with E-state index in [0.717, 1.165) is 36.9 Å². The molecule has 1 fully saturated rings. The lowest BCUT2D eigenvalue weighted by Crippen LogP contribution is -2.52. The summed E-state index contributed by atoms with van der Waals surface area (Å²) >= 11 is 6.10. The van der Waals surface area contributed by atoms with E-state index in [2.05, 4.69) is 21.2 Å². The fourth-order valence-electron chi connectivity index (χ4n) is 3.35. The van der Waals surface area contributed by atoms with Gasteiger partial charge in [0.25, 0.3) is 0 Å². The number of nitrogens with one attached hydrogen (secondary N) is 1.